The van der Waals surface area contributed by atoms with E-state index >= 15 is 0 Å². The molecule has 1 fully saturated rings. The van der Waals surface area contributed by atoms with Gasteiger partial charge in [0.05, 0.1) is 26.3 Å². The van der Waals surface area contributed by atoms with E-state index in [1.807, 2.05) is 0 Å². The van der Waals surface area contributed by atoms with Crippen LogP contribution in [0.15, 0.2) is 0 Å². The molecule has 0 aliphatic carbocycles. The van der Waals surface area contributed by atoms with E-state index in [9.17, 15) is 9.59 Å². The van der Waals surface area contributed by atoms with E-state index < -0.39 is 5.97 Å². The van der Waals surface area contributed by atoms with Gasteiger partial charge < -0.3 is 14.7 Å². The predicted octanol–water partition coefficient (Wildman–Crippen LogP) is -1.48. The lowest BCUT2D eigenvalue weighted by Gasteiger charge is -2.26. The van der Waals surface area contributed by atoms with Crippen LogP contribution in [0.25, 0.3) is 0 Å². The number of nitrogens with one attached hydrogen (secondary N) is 1. The van der Waals surface area contributed by atoms with E-state index in [4.69, 9.17) is 9.84 Å². The molecular weight excluding hydrogens is 188 g/mol. The van der Waals surface area contributed by atoms with Gasteiger partial charge in [-0.05, 0) is 0 Å². The summed E-state index contributed by atoms with van der Waals surface area (Å²) in [6.07, 6.45) is 0. The average Bonchev–Trinajstić information content (AvgIpc) is 2.18. The van der Waals surface area contributed by atoms with Gasteiger partial charge in [-0.25, -0.2) is 0 Å². The van der Waals surface area contributed by atoms with Crippen molar-refractivity contribution in [3.05, 3.63) is 0 Å². The third kappa shape index (κ3) is 3.71. The number of rotatable bonds is 4. The van der Waals surface area contributed by atoms with Crippen molar-refractivity contribution in [3.8, 4) is 0 Å². The smallest absolute Gasteiger partial charge is 0.317 e. The molecule has 80 valence electrons. The second-order valence-electron chi connectivity index (χ2n) is 2.99. The van der Waals surface area contributed by atoms with Gasteiger partial charge in [0.2, 0.25) is 5.91 Å². The first kappa shape index (κ1) is 10.9. The number of hydrogen-bond donors (Lipinski definition) is 2. The van der Waals surface area contributed by atoms with Crippen molar-refractivity contribution in [2.75, 3.05) is 39.4 Å². The van der Waals surface area contributed by atoms with Gasteiger partial charge in [-0.1, -0.05) is 0 Å². The largest absolute Gasteiger partial charge is 0.480 e. The molecule has 0 radical (unpaired) electrons. The summed E-state index contributed by atoms with van der Waals surface area (Å²) in [5.74, 6) is -1.03. The molecule has 6 nitrogen and oxygen atoms in total. The summed E-state index contributed by atoms with van der Waals surface area (Å²) in [4.78, 5) is 23.2. The molecule has 14 heavy (non-hydrogen) atoms. The van der Waals surface area contributed by atoms with E-state index in [1.165, 1.54) is 0 Å². The maximum Gasteiger partial charge on any atom is 0.317 e. The molecule has 0 unspecified atom stereocenters. The molecule has 0 atom stereocenters. The van der Waals surface area contributed by atoms with Gasteiger partial charge >= 0.3 is 5.97 Å². The maximum absolute atomic E-state index is 11.4. The lowest BCUT2D eigenvalue weighted by Crippen LogP contribution is -2.45. The highest BCUT2D eigenvalue weighted by Crippen LogP contribution is 1.96. The van der Waals surface area contributed by atoms with Crippen LogP contribution in [0.2, 0.25) is 0 Å². The van der Waals surface area contributed by atoms with Gasteiger partial charge in [-0.3, -0.25) is 14.9 Å². The summed E-state index contributed by atoms with van der Waals surface area (Å²) in [5.41, 5.74) is 0. The fourth-order valence-electron chi connectivity index (χ4n) is 1.20. The predicted molar refractivity (Wildman–Crippen MR) is 47.9 cm³/mol. The number of amides is 1. The number of carboxylic acid groups (broad SMARTS) is 1. The average molecular weight is 202 g/mol. The van der Waals surface area contributed by atoms with Crippen molar-refractivity contribution in [3.63, 3.8) is 0 Å². The van der Waals surface area contributed by atoms with Crippen molar-refractivity contribution in [2.24, 2.45) is 0 Å². The van der Waals surface area contributed by atoms with Crippen molar-refractivity contribution in [1.82, 2.24) is 10.2 Å². The SMILES string of the molecule is O=C(O)CNCC(=O)N1CCOCC1. The van der Waals surface area contributed by atoms with Crippen LogP contribution in [0.1, 0.15) is 0 Å². The fraction of sp³-hybridized carbons (Fsp3) is 0.750. The first-order chi connectivity index (χ1) is 6.70. The Morgan fingerprint density at radius 1 is 1.29 bits per heavy atom. The summed E-state index contributed by atoms with van der Waals surface area (Å²) < 4.78 is 5.08. The Morgan fingerprint density at radius 3 is 2.50 bits per heavy atom. The Labute approximate surface area is 81.8 Å². The molecule has 1 rings (SSSR count). The number of morpholine rings is 1. The monoisotopic (exact) mass is 202 g/mol. The molecule has 0 bridgehead atoms. The van der Waals surface area contributed by atoms with E-state index in [0.29, 0.717) is 26.3 Å². The van der Waals surface area contributed by atoms with E-state index in [0.717, 1.165) is 0 Å². The molecule has 2 N–H and O–H groups in total. The van der Waals surface area contributed by atoms with Gasteiger partial charge in [0, 0.05) is 13.1 Å². The third-order valence-electron chi connectivity index (χ3n) is 1.92. The van der Waals surface area contributed by atoms with Gasteiger partial charge in [0.25, 0.3) is 0 Å². The molecule has 1 aliphatic rings. The summed E-state index contributed by atoms with van der Waals surface area (Å²) in [7, 11) is 0. The van der Waals surface area contributed by atoms with Crippen LogP contribution in [-0.2, 0) is 14.3 Å². The summed E-state index contributed by atoms with van der Waals surface area (Å²) in [6.45, 7) is 2.19. The Bertz CT molecular complexity index is 213. The zero-order valence-corrected chi connectivity index (χ0v) is 7.86. The molecule has 1 aliphatic heterocycles. The number of carboxylic acids is 1. The van der Waals surface area contributed by atoms with E-state index in [2.05, 4.69) is 5.32 Å². The topological polar surface area (TPSA) is 78.9 Å². The van der Waals surface area contributed by atoms with Crippen LogP contribution in [0.3, 0.4) is 0 Å². The Kier molecular flexibility index (Phi) is 4.34. The lowest BCUT2D eigenvalue weighted by molar-refractivity contribution is -0.136. The fourth-order valence-corrected chi connectivity index (χ4v) is 1.20. The summed E-state index contributed by atoms with van der Waals surface area (Å²) in [5, 5.41) is 10.9. The zero-order chi connectivity index (χ0) is 10.4. The zero-order valence-electron chi connectivity index (χ0n) is 7.86. The van der Waals surface area contributed by atoms with Crippen LogP contribution < -0.4 is 5.32 Å². The van der Waals surface area contributed by atoms with Gasteiger partial charge in [0.1, 0.15) is 0 Å². The van der Waals surface area contributed by atoms with Crippen molar-refractivity contribution >= 4 is 11.9 Å². The van der Waals surface area contributed by atoms with E-state index in [1.54, 1.807) is 4.90 Å². The Morgan fingerprint density at radius 2 is 1.93 bits per heavy atom. The Hall–Kier alpha value is -1.14. The molecule has 1 heterocycles. The minimum absolute atomic E-state index is 0.0745. The number of aliphatic carboxylic acids is 1. The number of hydrogen-bond acceptors (Lipinski definition) is 4. The minimum Gasteiger partial charge on any atom is -0.480 e. The standard InChI is InChI=1S/C8H14N2O4/c11-7(5-9-6-8(12)13)10-1-3-14-4-2-10/h9H,1-6H2,(H,12,13). The molecule has 0 spiro atoms. The molecule has 0 saturated carbocycles. The number of carbonyl (C=O) groups excluding carboxylic acids is 1. The molecule has 1 saturated heterocycles. The highest BCUT2D eigenvalue weighted by Gasteiger charge is 2.16. The Balaban J connectivity index is 2.16. The highest BCUT2D eigenvalue weighted by molar-refractivity contribution is 5.79. The highest BCUT2D eigenvalue weighted by atomic mass is 16.5. The minimum atomic E-state index is -0.959. The molecule has 1 amide bonds. The number of ether oxygens (including phenoxy) is 1. The quantitative estimate of drug-likeness (QED) is 0.581. The van der Waals surface area contributed by atoms with Crippen molar-refractivity contribution in [2.45, 2.75) is 0 Å². The molecular formula is C8H14N2O4. The molecule has 6 heteroatoms. The molecule has 0 aromatic heterocycles. The van der Waals surface area contributed by atoms with Crippen LogP contribution in [0.5, 0.6) is 0 Å². The number of carbonyl (C=O) groups is 2. The van der Waals surface area contributed by atoms with Crippen LogP contribution >= 0.6 is 0 Å². The molecule has 0 aromatic rings. The van der Waals surface area contributed by atoms with Crippen molar-refractivity contribution in [1.29, 1.82) is 0 Å². The number of nitrogens with zero attached hydrogens (tertiary/aromatic N) is 1. The van der Waals surface area contributed by atoms with Crippen LogP contribution in [-0.4, -0.2) is 61.3 Å². The lowest BCUT2D eigenvalue weighted by atomic mass is 10.4. The normalized spacial score (nSPS) is 16.7. The summed E-state index contributed by atoms with van der Waals surface area (Å²) >= 11 is 0. The van der Waals surface area contributed by atoms with Gasteiger partial charge in [-0.2, -0.15) is 0 Å². The van der Waals surface area contributed by atoms with Crippen LogP contribution in [0, 0.1) is 0 Å². The van der Waals surface area contributed by atoms with Crippen LogP contribution in [0.4, 0.5) is 0 Å². The second-order valence-corrected chi connectivity index (χ2v) is 2.99. The third-order valence-corrected chi connectivity index (χ3v) is 1.92. The van der Waals surface area contributed by atoms with Gasteiger partial charge in [-0.15, -0.1) is 0 Å². The van der Waals surface area contributed by atoms with Crippen molar-refractivity contribution < 1.29 is 19.4 Å². The molecule has 0 aromatic carbocycles. The first-order valence-corrected chi connectivity index (χ1v) is 4.48. The maximum atomic E-state index is 11.4. The van der Waals surface area contributed by atoms with Gasteiger partial charge in [0.15, 0.2) is 0 Å². The summed E-state index contributed by atoms with van der Waals surface area (Å²) in [6, 6.07) is 0. The van der Waals surface area contributed by atoms with E-state index in [-0.39, 0.29) is 19.0 Å². The first-order valence-electron chi connectivity index (χ1n) is 4.48. The second kappa shape index (κ2) is 5.56.